The lowest BCUT2D eigenvalue weighted by atomic mass is 9.59. The van der Waals surface area contributed by atoms with Crippen molar-refractivity contribution in [3.8, 4) is 0 Å². The summed E-state index contributed by atoms with van der Waals surface area (Å²) in [6.45, 7) is 8.06. The highest BCUT2D eigenvalue weighted by atomic mass is 35.6. The average molecular weight is 405 g/mol. The quantitative estimate of drug-likeness (QED) is 0.422. The van der Waals surface area contributed by atoms with Gasteiger partial charge in [0.25, 0.3) is 9.70 Å². The number of nitrogens with one attached hydrogen (secondary N) is 1. The number of allylic oxidation sites excluding steroid dienone is 8. The summed E-state index contributed by atoms with van der Waals surface area (Å²) in [5.74, 6) is -0.575. The maximum atomic E-state index is 12.2. The van der Waals surface area contributed by atoms with Gasteiger partial charge < -0.3 is 5.32 Å². The van der Waals surface area contributed by atoms with E-state index in [0.29, 0.717) is 0 Å². The van der Waals surface area contributed by atoms with Crippen LogP contribution in [0.25, 0.3) is 0 Å². The average Bonchev–Trinajstić information content (AvgIpc) is 2.46. The highest BCUT2D eigenvalue weighted by Gasteiger charge is 2.45. The number of hydrogen-bond donors (Lipinski definition) is 1. The van der Waals surface area contributed by atoms with Crippen molar-refractivity contribution in [1.29, 1.82) is 0 Å². The number of amides is 1. The van der Waals surface area contributed by atoms with Crippen LogP contribution in [0.15, 0.2) is 48.6 Å². The molecule has 0 bridgehead atoms. The minimum Gasteiger partial charge on any atom is -0.350 e. The summed E-state index contributed by atoms with van der Waals surface area (Å²) in [6, 6.07) is -0.100. The van der Waals surface area contributed by atoms with Crippen molar-refractivity contribution in [3.63, 3.8) is 0 Å². The number of rotatable bonds is 5. The predicted octanol–water partition coefficient (Wildman–Crippen LogP) is 6.30. The lowest BCUT2D eigenvalue weighted by Crippen LogP contribution is -2.50. The van der Waals surface area contributed by atoms with Gasteiger partial charge in [-0.25, -0.2) is 0 Å². The summed E-state index contributed by atoms with van der Waals surface area (Å²) in [6.07, 6.45) is 19.6. The second kappa shape index (κ2) is 9.30. The molecule has 0 aromatic carbocycles. The zero-order valence-electron chi connectivity index (χ0n) is 15.4. The molecule has 5 heteroatoms. The molecule has 1 amide bonds. The zero-order valence-corrected chi connectivity index (χ0v) is 17.6. The van der Waals surface area contributed by atoms with Crippen molar-refractivity contribution in [2.24, 2.45) is 10.8 Å². The molecular formula is C20H28Cl3NO. The number of alkyl halides is 3. The minimum atomic E-state index is -1.95. The number of carbonyl (C=O) groups is 1. The van der Waals surface area contributed by atoms with E-state index in [0.717, 1.165) is 19.3 Å². The van der Waals surface area contributed by atoms with E-state index in [4.69, 9.17) is 34.8 Å². The van der Waals surface area contributed by atoms with Crippen molar-refractivity contribution < 1.29 is 4.79 Å². The Bertz CT molecular complexity index is 510. The predicted molar refractivity (Wildman–Crippen MR) is 110 cm³/mol. The largest absolute Gasteiger partial charge is 0.350 e. The Morgan fingerprint density at radius 2 is 1.24 bits per heavy atom. The van der Waals surface area contributed by atoms with Crippen molar-refractivity contribution in [1.82, 2.24) is 5.32 Å². The Kier molecular flexibility index (Phi) is 8.31. The first-order chi connectivity index (χ1) is 11.7. The van der Waals surface area contributed by atoms with Gasteiger partial charge in [-0.15, -0.1) is 0 Å². The van der Waals surface area contributed by atoms with Crippen LogP contribution in [0.2, 0.25) is 0 Å². The van der Waals surface area contributed by atoms with E-state index in [1.165, 1.54) is 0 Å². The Morgan fingerprint density at radius 1 is 0.880 bits per heavy atom. The van der Waals surface area contributed by atoms with Crippen LogP contribution in [0.3, 0.4) is 0 Å². The topological polar surface area (TPSA) is 29.1 Å². The Labute approximate surface area is 167 Å². The summed E-state index contributed by atoms with van der Waals surface area (Å²) in [5.41, 5.74) is -0.321. The smallest absolute Gasteiger partial charge is 0.272 e. The van der Waals surface area contributed by atoms with Gasteiger partial charge in [0.05, 0.1) is 0 Å². The van der Waals surface area contributed by atoms with Gasteiger partial charge in [0.2, 0.25) is 0 Å². The molecule has 0 spiro atoms. The summed E-state index contributed by atoms with van der Waals surface area (Å²) in [4.78, 5) is 12.2. The van der Waals surface area contributed by atoms with Gasteiger partial charge in [0.15, 0.2) is 0 Å². The molecule has 1 N–H and O–H groups in total. The van der Waals surface area contributed by atoms with Crippen LogP contribution in [-0.4, -0.2) is 15.7 Å². The summed E-state index contributed by atoms with van der Waals surface area (Å²) in [7, 11) is 0. The van der Waals surface area contributed by atoms with E-state index in [2.05, 4.69) is 53.9 Å². The van der Waals surface area contributed by atoms with Crippen LogP contribution in [0.1, 0.15) is 47.0 Å². The fraction of sp³-hybridized carbons (Fsp3) is 0.550. The Hall–Kier alpha value is -0.700. The van der Waals surface area contributed by atoms with E-state index in [-0.39, 0.29) is 16.9 Å². The third kappa shape index (κ3) is 6.20. The van der Waals surface area contributed by atoms with Crippen LogP contribution in [0, 0.1) is 10.8 Å². The van der Waals surface area contributed by atoms with Crippen LogP contribution in [0.4, 0.5) is 0 Å². The molecule has 0 aromatic heterocycles. The van der Waals surface area contributed by atoms with E-state index in [1.54, 1.807) is 0 Å². The van der Waals surface area contributed by atoms with E-state index < -0.39 is 9.70 Å². The number of carbonyl (C=O) groups excluding carboxylic acids is 1. The second-order valence-electron chi connectivity index (χ2n) is 6.72. The van der Waals surface area contributed by atoms with Gasteiger partial charge in [-0.2, -0.15) is 0 Å². The lowest BCUT2D eigenvalue weighted by Gasteiger charge is -2.47. The molecule has 0 saturated heterocycles. The standard InChI is InChI=1S/C20H28Cl3NO/c1-5-9-18(10-6-2)13-16(24-17(25)20(21,22)23)14-19(15-18,11-7-3)12-8-4/h5-12,16H,13-15H2,1-4H3,(H,24,25). The molecule has 0 atom stereocenters. The Morgan fingerprint density at radius 3 is 1.52 bits per heavy atom. The first-order valence-electron chi connectivity index (χ1n) is 8.59. The van der Waals surface area contributed by atoms with Crippen molar-refractivity contribution >= 4 is 40.7 Å². The van der Waals surface area contributed by atoms with Gasteiger partial charge in [0, 0.05) is 16.9 Å². The van der Waals surface area contributed by atoms with Crippen LogP contribution in [-0.2, 0) is 4.79 Å². The number of halogens is 3. The monoisotopic (exact) mass is 403 g/mol. The Balaban J connectivity index is 3.32. The number of hydrogen-bond acceptors (Lipinski definition) is 1. The minimum absolute atomic E-state index is 0.100. The molecule has 0 unspecified atom stereocenters. The molecule has 0 aliphatic heterocycles. The van der Waals surface area contributed by atoms with Crippen molar-refractivity contribution in [3.05, 3.63) is 48.6 Å². The van der Waals surface area contributed by atoms with Gasteiger partial charge in [-0.3, -0.25) is 4.79 Å². The first-order valence-corrected chi connectivity index (χ1v) is 9.72. The molecule has 1 rings (SSSR count). The van der Waals surface area contributed by atoms with Crippen LogP contribution < -0.4 is 5.32 Å². The molecule has 0 aromatic rings. The van der Waals surface area contributed by atoms with E-state index in [9.17, 15) is 4.79 Å². The normalized spacial score (nSPS) is 31.6. The van der Waals surface area contributed by atoms with Gasteiger partial charge in [-0.1, -0.05) is 83.4 Å². The fourth-order valence-electron chi connectivity index (χ4n) is 4.06. The summed E-state index contributed by atoms with van der Waals surface area (Å²) >= 11 is 17.3. The SMILES string of the molecule is CC=CC1(C=CC)CC(NC(=O)C(Cl)(Cl)Cl)CC(C=CC)(C=CC)C1. The zero-order chi connectivity index (χ0) is 19.1. The van der Waals surface area contributed by atoms with Gasteiger partial charge in [0.1, 0.15) is 0 Å². The molecular weight excluding hydrogens is 377 g/mol. The molecule has 25 heavy (non-hydrogen) atoms. The highest BCUT2D eigenvalue weighted by Crippen LogP contribution is 2.50. The molecule has 1 saturated carbocycles. The molecule has 0 radical (unpaired) electrons. The van der Waals surface area contributed by atoms with E-state index in [1.807, 2.05) is 27.7 Å². The van der Waals surface area contributed by atoms with Gasteiger partial charge in [-0.05, 0) is 47.0 Å². The fourth-order valence-corrected chi connectivity index (χ4v) is 4.23. The third-order valence-electron chi connectivity index (χ3n) is 4.50. The first kappa shape index (κ1) is 22.3. The maximum absolute atomic E-state index is 12.2. The lowest BCUT2D eigenvalue weighted by molar-refractivity contribution is -0.121. The highest BCUT2D eigenvalue weighted by molar-refractivity contribution is 6.76. The van der Waals surface area contributed by atoms with Gasteiger partial charge >= 0.3 is 0 Å². The maximum Gasteiger partial charge on any atom is 0.272 e. The second-order valence-corrected chi connectivity index (χ2v) is 9.00. The molecule has 1 fully saturated rings. The van der Waals surface area contributed by atoms with Crippen LogP contribution >= 0.6 is 34.8 Å². The van der Waals surface area contributed by atoms with Crippen LogP contribution in [0.5, 0.6) is 0 Å². The molecule has 1 aliphatic carbocycles. The third-order valence-corrected chi connectivity index (χ3v) is 5.01. The van der Waals surface area contributed by atoms with E-state index >= 15 is 0 Å². The van der Waals surface area contributed by atoms with Crippen molar-refractivity contribution in [2.45, 2.75) is 56.8 Å². The van der Waals surface area contributed by atoms with Crippen molar-refractivity contribution in [2.75, 3.05) is 0 Å². The summed E-state index contributed by atoms with van der Waals surface area (Å²) in [5, 5.41) is 2.93. The molecule has 2 nitrogen and oxygen atoms in total. The molecule has 1 aliphatic rings. The summed E-state index contributed by atoms with van der Waals surface area (Å²) < 4.78 is -1.95. The molecule has 0 heterocycles. The molecule has 140 valence electrons.